The fourth-order valence-corrected chi connectivity index (χ4v) is 3.27. The van der Waals surface area contributed by atoms with E-state index < -0.39 is 0 Å². The molecule has 24 heavy (non-hydrogen) atoms. The van der Waals surface area contributed by atoms with Gasteiger partial charge in [0.05, 0.1) is 12.7 Å². The van der Waals surface area contributed by atoms with E-state index in [1.165, 1.54) is 10.2 Å². The van der Waals surface area contributed by atoms with Crippen LogP contribution in [-0.2, 0) is 6.42 Å². The second kappa shape index (κ2) is 7.88. The molecule has 5 nitrogen and oxygen atoms in total. The number of aromatic nitrogens is 3. The molecule has 0 aliphatic carbocycles. The molecule has 3 aromatic rings. The average Bonchev–Trinajstić information content (AvgIpc) is 3.00. The summed E-state index contributed by atoms with van der Waals surface area (Å²) in [5.41, 5.74) is 2.19. The van der Waals surface area contributed by atoms with Crippen molar-refractivity contribution in [2.75, 3.05) is 18.7 Å². The summed E-state index contributed by atoms with van der Waals surface area (Å²) in [6.45, 7) is 0. The highest BCUT2D eigenvalue weighted by Gasteiger charge is 2.15. The number of nitrogens with two attached hydrogens (primary N) is 1. The van der Waals surface area contributed by atoms with Gasteiger partial charge in [0.2, 0.25) is 5.16 Å². The number of methoxy groups -OCH3 is 1. The molecule has 0 fully saturated rings. The lowest BCUT2D eigenvalue weighted by Gasteiger charge is -2.07. The van der Waals surface area contributed by atoms with Crippen LogP contribution in [0.4, 0.5) is 0 Å². The zero-order chi connectivity index (χ0) is 16.8. The van der Waals surface area contributed by atoms with E-state index in [9.17, 15) is 0 Å². The molecule has 0 bridgehead atoms. The first kappa shape index (κ1) is 16.4. The predicted molar refractivity (Wildman–Crippen MR) is 97.6 cm³/mol. The number of rotatable bonds is 7. The van der Waals surface area contributed by atoms with Crippen LogP contribution in [0.1, 0.15) is 12.0 Å². The molecular weight excluding hydrogens is 320 g/mol. The van der Waals surface area contributed by atoms with E-state index in [0.29, 0.717) is 11.0 Å². The normalized spacial score (nSPS) is 10.7. The van der Waals surface area contributed by atoms with Gasteiger partial charge in [0.1, 0.15) is 5.75 Å². The van der Waals surface area contributed by atoms with Crippen molar-refractivity contribution in [1.82, 2.24) is 14.9 Å². The molecule has 0 aliphatic rings. The minimum absolute atomic E-state index is 0.609. The summed E-state index contributed by atoms with van der Waals surface area (Å²) in [7, 11) is 1.63. The topological polar surface area (TPSA) is 66.0 Å². The maximum Gasteiger partial charge on any atom is 0.210 e. The van der Waals surface area contributed by atoms with Crippen LogP contribution in [0.3, 0.4) is 0 Å². The zero-order valence-electron chi connectivity index (χ0n) is 13.6. The standard InChI is InChI=1S/C18H20N4OS/c1-23-16-12-6-5-11-15(16)17-20-21-18(22(17)19)24-13-7-10-14-8-3-2-4-9-14/h2-6,8-9,11-12H,7,10,13,19H2,1H3. The summed E-state index contributed by atoms with van der Waals surface area (Å²) in [5.74, 6) is 8.45. The Morgan fingerprint density at radius 3 is 2.58 bits per heavy atom. The molecule has 0 saturated heterocycles. The molecule has 0 atom stereocenters. The molecule has 0 aliphatic heterocycles. The summed E-state index contributed by atoms with van der Waals surface area (Å²) < 4.78 is 6.90. The lowest BCUT2D eigenvalue weighted by Crippen LogP contribution is -2.12. The van der Waals surface area contributed by atoms with Gasteiger partial charge in [-0.3, -0.25) is 0 Å². The van der Waals surface area contributed by atoms with Crippen LogP contribution >= 0.6 is 11.8 Å². The maximum atomic E-state index is 6.17. The SMILES string of the molecule is COc1ccccc1-c1nnc(SCCCc2ccccc2)n1N. The van der Waals surface area contributed by atoms with Gasteiger partial charge in [0, 0.05) is 5.75 Å². The number of aryl methyl sites for hydroxylation is 1. The Kier molecular flexibility index (Phi) is 5.38. The Morgan fingerprint density at radius 1 is 1.04 bits per heavy atom. The average molecular weight is 340 g/mol. The van der Waals surface area contributed by atoms with Crippen molar-refractivity contribution in [2.24, 2.45) is 0 Å². The van der Waals surface area contributed by atoms with Gasteiger partial charge in [-0.25, -0.2) is 4.68 Å². The zero-order valence-corrected chi connectivity index (χ0v) is 14.4. The highest BCUT2D eigenvalue weighted by molar-refractivity contribution is 7.99. The van der Waals surface area contributed by atoms with Crippen molar-refractivity contribution in [3.8, 4) is 17.1 Å². The van der Waals surface area contributed by atoms with Crippen LogP contribution in [0.25, 0.3) is 11.4 Å². The first-order valence-electron chi connectivity index (χ1n) is 7.80. The van der Waals surface area contributed by atoms with Crippen LogP contribution in [-0.4, -0.2) is 27.7 Å². The van der Waals surface area contributed by atoms with Crippen LogP contribution in [0, 0.1) is 0 Å². The third kappa shape index (κ3) is 3.71. The minimum atomic E-state index is 0.609. The third-order valence-corrected chi connectivity index (χ3v) is 4.73. The maximum absolute atomic E-state index is 6.17. The summed E-state index contributed by atoms with van der Waals surface area (Å²) in [4.78, 5) is 0. The van der Waals surface area contributed by atoms with Gasteiger partial charge in [0.15, 0.2) is 5.82 Å². The van der Waals surface area contributed by atoms with Crippen molar-refractivity contribution in [1.29, 1.82) is 0 Å². The second-order valence-corrected chi connectivity index (χ2v) is 6.38. The number of hydrogen-bond donors (Lipinski definition) is 1. The van der Waals surface area contributed by atoms with Crippen molar-refractivity contribution in [3.63, 3.8) is 0 Å². The van der Waals surface area contributed by atoms with E-state index in [4.69, 9.17) is 10.6 Å². The van der Waals surface area contributed by atoms with Crippen molar-refractivity contribution >= 4 is 11.8 Å². The second-order valence-electron chi connectivity index (χ2n) is 5.31. The summed E-state index contributed by atoms with van der Waals surface area (Å²) in [6.07, 6.45) is 2.11. The molecule has 124 valence electrons. The fraction of sp³-hybridized carbons (Fsp3) is 0.222. The molecule has 2 N–H and O–H groups in total. The predicted octanol–water partition coefficient (Wildman–Crippen LogP) is 3.39. The number of thioether (sulfide) groups is 1. The van der Waals surface area contributed by atoms with Gasteiger partial charge < -0.3 is 10.6 Å². The molecule has 6 heteroatoms. The fourth-order valence-electron chi connectivity index (χ4n) is 2.47. The van der Waals surface area contributed by atoms with E-state index in [1.54, 1.807) is 18.9 Å². The number of benzene rings is 2. The van der Waals surface area contributed by atoms with Gasteiger partial charge >= 0.3 is 0 Å². The third-order valence-electron chi connectivity index (χ3n) is 3.70. The highest BCUT2D eigenvalue weighted by Crippen LogP contribution is 2.29. The lowest BCUT2D eigenvalue weighted by atomic mass is 10.1. The molecule has 0 saturated carbocycles. The number of hydrogen-bond acceptors (Lipinski definition) is 5. The molecule has 1 heterocycles. The van der Waals surface area contributed by atoms with Gasteiger partial charge in [-0.2, -0.15) is 0 Å². The van der Waals surface area contributed by atoms with Gasteiger partial charge in [-0.1, -0.05) is 54.2 Å². The van der Waals surface area contributed by atoms with Crippen LogP contribution in [0.15, 0.2) is 59.8 Å². The first-order chi connectivity index (χ1) is 11.8. The quantitative estimate of drug-likeness (QED) is 0.406. The Labute approximate surface area is 145 Å². The van der Waals surface area contributed by atoms with E-state index in [-0.39, 0.29) is 0 Å². The molecular formula is C18H20N4OS. The number of ether oxygens (including phenoxy) is 1. The van der Waals surface area contributed by atoms with Crippen molar-refractivity contribution in [2.45, 2.75) is 18.0 Å². The largest absolute Gasteiger partial charge is 0.496 e. The van der Waals surface area contributed by atoms with Crippen molar-refractivity contribution in [3.05, 3.63) is 60.2 Å². The smallest absolute Gasteiger partial charge is 0.210 e. The lowest BCUT2D eigenvalue weighted by molar-refractivity contribution is 0.416. The minimum Gasteiger partial charge on any atom is -0.496 e. The van der Waals surface area contributed by atoms with Crippen molar-refractivity contribution < 1.29 is 4.74 Å². The van der Waals surface area contributed by atoms with E-state index in [0.717, 1.165) is 29.9 Å². The summed E-state index contributed by atoms with van der Waals surface area (Å²) in [5, 5.41) is 9.14. The first-order valence-corrected chi connectivity index (χ1v) is 8.78. The van der Waals surface area contributed by atoms with E-state index >= 15 is 0 Å². The van der Waals surface area contributed by atoms with Gasteiger partial charge in [-0.15, -0.1) is 10.2 Å². The molecule has 3 rings (SSSR count). The molecule has 0 amide bonds. The monoisotopic (exact) mass is 340 g/mol. The number of nitrogen functional groups attached to an aromatic ring is 1. The van der Waals surface area contributed by atoms with Gasteiger partial charge in [0.25, 0.3) is 0 Å². The molecule has 0 unspecified atom stereocenters. The number of para-hydroxylation sites is 1. The molecule has 0 radical (unpaired) electrons. The molecule has 0 spiro atoms. The molecule has 2 aromatic carbocycles. The van der Waals surface area contributed by atoms with Crippen LogP contribution in [0.2, 0.25) is 0 Å². The Morgan fingerprint density at radius 2 is 1.79 bits per heavy atom. The van der Waals surface area contributed by atoms with E-state index in [1.807, 2.05) is 30.3 Å². The Bertz CT molecular complexity index is 789. The van der Waals surface area contributed by atoms with E-state index in [2.05, 4.69) is 34.5 Å². The Hall–Kier alpha value is -2.47. The molecule has 1 aromatic heterocycles. The number of nitrogens with zero attached hydrogens (tertiary/aromatic N) is 3. The highest BCUT2D eigenvalue weighted by atomic mass is 32.2. The summed E-state index contributed by atoms with van der Waals surface area (Å²) >= 11 is 1.62. The van der Waals surface area contributed by atoms with Crippen LogP contribution in [0.5, 0.6) is 5.75 Å². The Balaban J connectivity index is 1.63. The van der Waals surface area contributed by atoms with Crippen LogP contribution < -0.4 is 10.6 Å². The van der Waals surface area contributed by atoms with Gasteiger partial charge in [-0.05, 0) is 30.5 Å². The summed E-state index contributed by atoms with van der Waals surface area (Å²) in [6, 6.07) is 18.1.